The molecule has 0 aliphatic rings. The van der Waals surface area contributed by atoms with Crippen molar-refractivity contribution < 1.29 is 0 Å². The molecule has 2 heterocycles. The minimum Gasteiger partial charge on any atom is -0.277 e. The third kappa shape index (κ3) is 2.40. The van der Waals surface area contributed by atoms with E-state index in [2.05, 4.69) is 71.9 Å². The van der Waals surface area contributed by atoms with E-state index in [0.717, 1.165) is 28.2 Å². The first-order valence-corrected chi connectivity index (χ1v) is 7.70. The van der Waals surface area contributed by atoms with Gasteiger partial charge in [-0.3, -0.25) is 4.57 Å². The monoisotopic (exact) mass is 299 g/mol. The van der Waals surface area contributed by atoms with Crippen LogP contribution in [0.4, 0.5) is 0 Å². The summed E-state index contributed by atoms with van der Waals surface area (Å²) in [6, 6.07) is 20.8. The molecule has 4 aromatic rings. The Morgan fingerprint density at radius 3 is 2.13 bits per heavy atom. The van der Waals surface area contributed by atoms with Crippen molar-refractivity contribution in [2.45, 2.75) is 13.8 Å². The first-order valence-electron chi connectivity index (χ1n) is 7.70. The van der Waals surface area contributed by atoms with Crippen LogP contribution < -0.4 is 0 Å². The van der Waals surface area contributed by atoms with Crippen LogP contribution in [0.25, 0.3) is 28.2 Å². The van der Waals surface area contributed by atoms with E-state index in [0.29, 0.717) is 0 Å². The zero-order valence-corrected chi connectivity index (χ0v) is 13.2. The number of rotatable bonds is 2. The summed E-state index contributed by atoms with van der Waals surface area (Å²) in [4.78, 5) is 9.36. The van der Waals surface area contributed by atoms with Crippen molar-refractivity contribution >= 4 is 11.2 Å². The van der Waals surface area contributed by atoms with Crippen molar-refractivity contribution in [1.29, 1.82) is 0 Å². The summed E-state index contributed by atoms with van der Waals surface area (Å²) in [5.41, 5.74) is 6.44. The summed E-state index contributed by atoms with van der Waals surface area (Å²) < 4.78 is 2.12. The van der Waals surface area contributed by atoms with Gasteiger partial charge in [0, 0.05) is 17.4 Å². The number of fused-ring (bicyclic) bond motifs is 1. The van der Waals surface area contributed by atoms with Crippen molar-refractivity contribution in [3.8, 4) is 17.1 Å². The van der Waals surface area contributed by atoms with Crippen LogP contribution in [0.3, 0.4) is 0 Å². The normalized spacial score (nSPS) is 11.0. The van der Waals surface area contributed by atoms with Crippen LogP contribution in [0.1, 0.15) is 11.1 Å². The van der Waals surface area contributed by atoms with Gasteiger partial charge in [0.15, 0.2) is 5.65 Å². The standard InChI is InChI=1S/C20H17N3/c1-14-5-9-16(10-6-14)19-22-18-4-3-13-21-20(18)23(19)17-11-7-15(2)8-12-17/h3-13H,1-2H3. The van der Waals surface area contributed by atoms with Crippen molar-refractivity contribution in [3.63, 3.8) is 0 Å². The SMILES string of the molecule is Cc1ccc(-c2nc3cccnc3n2-c2ccc(C)cc2)cc1. The highest BCUT2D eigenvalue weighted by Crippen LogP contribution is 2.27. The number of nitrogens with zero attached hydrogens (tertiary/aromatic N) is 3. The van der Waals surface area contributed by atoms with E-state index in [1.54, 1.807) is 0 Å². The van der Waals surface area contributed by atoms with Gasteiger partial charge in [0.2, 0.25) is 0 Å². The summed E-state index contributed by atoms with van der Waals surface area (Å²) >= 11 is 0. The molecule has 3 heteroatoms. The largest absolute Gasteiger partial charge is 0.277 e. The summed E-state index contributed by atoms with van der Waals surface area (Å²) in [7, 11) is 0. The van der Waals surface area contributed by atoms with E-state index in [9.17, 15) is 0 Å². The molecular formula is C20H17N3. The molecule has 112 valence electrons. The van der Waals surface area contributed by atoms with Gasteiger partial charge in [-0.1, -0.05) is 47.5 Å². The molecule has 0 atom stereocenters. The lowest BCUT2D eigenvalue weighted by atomic mass is 10.1. The van der Waals surface area contributed by atoms with E-state index < -0.39 is 0 Å². The van der Waals surface area contributed by atoms with Gasteiger partial charge < -0.3 is 0 Å². The molecule has 3 nitrogen and oxygen atoms in total. The summed E-state index contributed by atoms with van der Waals surface area (Å²) in [6.45, 7) is 4.18. The topological polar surface area (TPSA) is 30.7 Å². The fourth-order valence-electron chi connectivity index (χ4n) is 2.75. The number of imidazole rings is 1. The molecule has 4 rings (SSSR count). The molecule has 0 radical (unpaired) electrons. The fourth-order valence-corrected chi connectivity index (χ4v) is 2.75. The van der Waals surface area contributed by atoms with Gasteiger partial charge >= 0.3 is 0 Å². The van der Waals surface area contributed by atoms with Gasteiger partial charge in [-0.15, -0.1) is 0 Å². The zero-order chi connectivity index (χ0) is 15.8. The number of aryl methyl sites for hydroxylation is 2. The van der Waals surface area contributed by atoms with Gasteiger partial charge in [0.1, 0.15) is 11.3 Å². The van der Waals surface area contributed by atoms with Crippen molar-refractivity contribution in [3.05, 3.63) is 78.0 Å². The van der Waals surface area contributed by atoms with Crippen LogP contribution in [-0.4, -0.2) is 14.5 Å². The quantitative estimate of drug-likeness (QED) is 0.537. The molecule has 0 N–H and O–H groups in total. The Morgan fingerprint density at radius 2 is 1.43 bits per heavy atom. The van der Waals surface area contributed by atoms with Crippen molar-refractivity contribution in [2.75, 3.05) is 0 Å². The zero-order valence-electron chi connectivity index (χ0n) is 13.2. The maximum Gasteiger partial charge on any atom is 0.164 e. The highest BCUT2D eigenvalue weighted by Gasteiger charge is 2.14. The van der Waals surface area contributed by atoms with E-state index in [1.165, 1.54) is 11.1 Å². The Labute approximate surface area is 135 Å². The first-order chi connectivity index (χ1) is 11.2. The van der Waals surface area contributed by atoms with Crippen LogP contribution in [-0.2, 0) is 0 Å². The predicted octanol–water partition coefficient (Wildman–Crippen LogP) is 4.70. The summed E-state index contributed by atoms with van der Waals surface area (Å²) in [5.74, 6) is 0.919. The maximum atomic E-state index is 4.81. The second-order valence-electron chi connectivity index (χ2n) is 5.82. The smallest absolute Gasteiger partial charge is 0.164 e. The predicted molar refractivity (Wildman–Crippen MR) is 93.8 cm³/mol. The highest BCUT2D eigenvalue weighted by molar-refractivity contribution is 5.79. The van der Waals surface area contributed by atoms with E-state index >= 15 is 0 Å². The molecule has 0 amide bonds. The average Bonchev–Trinajstić information content (AvgIpc) is 2.96. The Balaban J connectivity index is 2.01. The van der Waals surface area contributed by atoms with E-state index in [-0.39, 0.29) is 0 Å². The molecule has 0 saturated heterocycles. The molecular weight excluding hydrogens is 282 g/mol. The van der Waals surface area contributed by atoms with Crippen molar-refractivity contribution in [2.24, 2.45) is 0 Å². The number of aromatic nitrogens is 3. The van der Waals surface area contributed by atoms with Gasteiger partial charge in [-0.2, -0.15) is 0 Å². The van der Waals surface area contributed by atoms with E-state index in [1.807, 2.05) is 18.3 Å². The first kappa shape index (κ1) is 13.7. The molecule has 0 saturated carbocycles. The number of benzene rings is 2. The van der Waals surface area contributed by atoms with Gasteiger partial charge in [-0.05, 0) is 38.1 Å². The van der Waals surface area contributed by atoms with Crippen LogP contribution in [0.2, 0.25) is 0 Å². The summed E-state index contributed by atoms with van der Waals surface area (Å²) in [6.07, 6.45) is 1.81. The molecule has 0 bridgehead atoms. The third-order valence-corrected chi connectivity index (χ3v) is 4.02. The lowest BCUT2D eigenvalue weighted by molar-refractivity contribution is 1.07. The van der Waals surface area contributed by atoms with Crippen LogP contribution >= 0.6 is 0 Å². The number of pyridine rings is 1. The van der Waals surface area contributed by atoms with E-state index in [4.69, 9.17) is 4.98 Å². The molecule has 0 aliphatic heterocycles. The minimum absolute atomic E-state index is 0.881. The van der Waals surface area contributed by atoms with Crippen LogP contribution in [0.15, 0.2) is 66.9 Å². The Bertz CT molecular complexity index is 964. The molecule has 0 spiro atoms. The average molecular weight is 299 g/mol. The fraction of sp³-hybridized carbons (Fsp3) is 0.100. The third-order valence-electron chi connectivity index (χ3n) is 4.02. The molecule has 0 aliphatic carbocycles. The van der Waals surface area contributed by atoms with Gasteiger partial charge in [0.05, 0.1) is 0 Å². The second-order valence-corrected chi connectivity index (χ2v) is 5.82. The van der Waals surface area contributed by atoms with Crippen LogP contribution in [0.5, 0.6) is 0 Å². The number of hydrogen-bond acceptors (Lipinski definition) is 2. The second kappa shape index (κ2) is 5.36. The molecule has 2 aromatic carbocycles. The van der Waals surface area contributed by atoms with Crippen LogP contribution in [0, 0.1) is 13.8 Å². The maximum absolute atomic E-state index is 4.81. The summed E-state index contributed by atoms with van der Waals surface area (Å²) in [5, 5.41) is 0. The van der Waals surface area contributed by atoms with Gasteiger partial charge in [0.25, 0.3) is 0 Å². The van der Waals surface area contributed by atoms with Gasteiger partial charge in [-0.25, -0.2) is 9.97 Å². The lowest BCUT2D eigenvalue weighted by Gasteiger charge is -2.09. The molecule has 0 fully saturated rings. The highest BCUT2D eigenvalue weighted by atomic mass is 15.1. The minimum atomic E-state index is 0.881. The van der Waals surface area contributed by atoms with Crippen molar-refractivity contribution in [1.82, 2.24) is 14.5 Å². The lowest BCUT2D eigenvalue weighted by Crippen LogP contribution is -1.98. The molecule has 23 heavy (non-hydrogen) atoms. The Morgan fingerprint density at radius 1 is 0.783 bits per heavy atom. The molecule has 2 aromatic heterocycles. The Kier molecular flexibility index (Phi) is 3.19. The Hall–Kier alpha value is -2.94. The molecule has 0 unspecified atom stereocenters. The number of hydrogen-bond donors (Lipinski definition) is 0.